The van der Waals surface area contributed by atoms with Crippen LogP contribution in [-0.2, 0) is 6.54 Å². The van der Waals surface area contributed by atoms with Crippen molar-refractivity contribution in [2.24, 2.45) is 0 Å². The molecule has 7 nitrogen and oxygen atoms in total. The van der Waals surface area contributed by atoms with E-state index in [1.54, 1.807) is 6.33 Å². The average molecular weight is 486 g/mol. The summed E-state index contributed by atoms with van der Waals surface area (Å²) in [6.45, 7) is 8.72. The third kappa shape index (κ3) is 4.73. The van der Waals surface area contributed by atoms with Gasteiger partial charge in [-0.3, -0.25) is 0 Å². The molecule has 2 saturated heterocycles. The Labute approximate surface area is 214 Å². The predicted molar refractivity (Wildman–Crippen MR) is 145 cm³/mol. The van der Waals surface area contributed by atoms with E-state index in [2.05, 4.69) is 56.7 Å². The first-order valence-corrected chi connectivity index (χ1v) is 13.9. The second kappa shape index (κ2) is 10.2. The number of hydrogen-bond acceptors (Lipinski definition) is 6. The van der Waals surface area contributed by atoms with E-state index in [9.17, 15) is 0 Å². The van der Waals surface area contributed by atoms with Crippen molar-refractivity contribution in [1.29, 1.82) is 0 Å². The van der Waals surface area contributed by atoms with Crippen molar-refractivity contribution < 1.29 is 0 Å². The van der Waals surface area contributed by atoms with Crippen molar-refractivity contribution in [2.75, 3.05) is 43.4 Å². The smallest absolute Gasteiger partial charge is 0.137 e. The molecular weight excluding hydrogens is 446 g/mol. The summed E-state index contributed by atoms with van der Waals surface area (Å²) < 4.78 is 2.46. The van der Waals surface area contributed by atoms with Gasteiger partial charge in [0.25, 0.3) is 0 Å². The van der Waals surface area contributed by atoms with Gasteiger partial charge in [0, 0.05) is 49.4 Å². The molecule has 1 aromatic carbocycles. The minimum absolute atomic E-state index is 0.463. The Balaban J connectivity index is 1.22. The largest absolute Gasteiger partial charge is 0.383 e. The summed E-state index contributed by atoms with van der Waals surface area (Å²) >= 11 is 0. The normalized spacial score (nSPS) is 19.6. The molecule has 3 fully saturated rings. The number of anilines is 2. The minimum Gasteiger partial charge on any atom is -0.383 e. The Morgan fingerprint density at radius 3 is 2.44 bits per heavy atom. The van der Waals surface area contributed by atoms with E-state index in [0.717, 1.165) is 50.5 Å². The zero-order valence-electron chi connectivity index (χ0n) is 21.6. The van der Waals surface area contributed by atoms with Gasteiger partial charge in [-0.25, -0.2) is 15.0 Å². The zero-order valence-corrected chi connectivity index (χ0v) is 21.6. The molecule has 7 heteroatoms. The number of likely N-dealkylation sites (tertiary alicyclic amines) is 1. The highest BCUT2D eigenvalue weighted by Crippen LogP contribution is 2.43. The molecule has 1 saturated carbocycles. The van der Waals surface area contributed by atoms with Crippen LogP contribution in [0.3, 0.4) is 0 Å². The number of benzene rings is 1. The molecule has 2 N–H and O–H groups in total. The van der Waals surface area contributed by atoms with E-state index in [4.69, 9.17) is 15.7 Å². The number of nitrogen functional groups attached to an aromatic ring is 1. The Hall–Kier alpha value is -2.93. The van der Waals surface area contributed by atoms with Crippen LogP contribution in [0.15, 0.2) is 36.8 Å². The molecule has 1 aliphatic carbocycles. The van der Waals surface area contributed by atoms with Gasteiger partial charge in [-0.1, -0.05) is 30.2 Å². The van der Waals surface area contributed by atoms with E-state index < -0.39 is 0 Å². The number of hydrogen-bond donors (Lipinski definition) is 1. The molecule has 36 heavy (non-hydrogen) atoms. The highest BCUT2D eigenvalue weighted by Gasteiger charge is 2.31. The molecule has 190 valence electrons. The molecule has 2 aliphatic heterocycles. The minimum atomic E-state index is 0.463. The lowest BCUT2D eigenvalue weighted by Gasteiger charge is -2.36. The number of rotatable bonds is 7. The van der Waals surface area contributed by atoms with Crippen LogP contribution in [0.4, 0.5) is 11.6 Å². The first-order valence-electron chi connectivity index (χ1n) is 13.9. The summed E-state index contributed by atoms with van der Waals surface area (Å²) in [5, 5.41) is 0. The summed E-state index contributed by atoms with van der Waals surface area (Å²) in [6.07, 6.45) is 12.5. The van der Waals surface area contributed by atoms with Gasteiger partial charge >= 0.3 is 0 Å². The van der Waals surface area contributed by atoms with Gasteiger partial charge in [-0.05, 0) is 70.5 Å². The molecule has 3 aliphatic rings. The van der Waals surface area contributed by atoms with Gasteiger partial charge in [-0.2, -0.15) is 0 Å². The predicted octanol–water partition coefficient (Wildman–Crippen LogP) is 4.98. The molecule has 3 aromatic rings. The van der Waals surface area contributed by atoms with Crippen LogP contribution in [0.2, 0.25) is 0 Å². The number of imidazole rings is 1. The number of aryl methyl sites for hydroxylation is 1. The van der Waals surface area contributed by atoms with E-state index in [1.165, 1.54) is 67.7 Å². The van der Waals surface area contributed by atoms with Gasteiger partial charge in [0.15, 0.2) is 0 Å². The summed E-state index contributed by atoms with van der Waals surface area (Å²) in [6, 6.07) is 8.73. The molecule has 0 amide bonds. The van der Waals surface area contributed by atoms with Gasteiger partial charge in [0.2, 0.25) is 0 Å². The molecule has 0 atom stereocenters. The van der Waals surface area contributed by atoms with E-state index in [0.29, 0.717) is 17.7 Å². The van der Waals surface area contributed by atoms with Crippen LogP contribution in [0.5, 0.6) is 0 Å². The van der Waals surface area contributed by atoms with Crippen LogP contribution in [0, 0.1) is 6.92 Å². The van der Waals surface area contributed by atoms with Crippen molar-refractivity contribution >= 4 is 11.6 Å². The van der Waals surface area contributed by atoms with Crippen molar-refractivity contribution in [3.63, 3.8) is 0 Å². The van der Waals surface area contributed by atoms with Crippen LogP contribution >= 0.6 is 0 Å². The van der Waals surface area contributed by atoms with Gasteiger partial charge in [-0.15, -0.1) is 0 Å². The molecule has 0 bridgehead atoms. The summed E-state index contributed by atoms with van der Waals surface area (Å²) in [5.41, 5.74) is 11.1. The summed E-state index contributed by atoms with van der Waals surface area (Å²) in [5.74, 6) is 3.99. The molecule has 0 spiro atoms. The number of nitrogens with two attached hydrogens (primary N) is 1. The lowest BCUT2D eigenvalue weighted by molar-refractivity contribution is 0.317. The molecule has 4 heterocycles. The topological polar surface area (TPSA) is 76.1 Å². The number of nitrogens with zero attached hydrogens (tertiary/aromatic N) is 6. The Morgan fingerprint density at radius 1 is 0.917 bits per heavy atom. The monoisotopic (exact) mass is 485 g/mol. The third-order valence-corrected chi connectivity index (χ3v) is 8.54. The highest BCUT2D eigenvalue weighted by molar-refractivity contribution is 5.60. The maximum Gasteiger partial charge on any atom is 0.137 e. The standard InChI is InChI=1S/C29H39N7/c1-21-6-4-9-24(18-21)25-19-36(17-16-34-12-2-3-13-34)28(33-25)23-10-14-35(15-11-23)29-26(22-7-5-8-22)27(30)31-20-32-29/h4,6,9,18-20,22-23H,2-3,5,7-8,10-17H2,1H3,(H2,30,31,32). The van der Waals surface area contributed by atoms with Crippen molar-refractivity contribution in [2.45, 2.75) is 70.3 Å². The average Bonchev–Trinajstić information content (AvgIpc) is 3.53. The van der Waals surface area contributed by atoms with Crippen LogP contribution in [0.1, 0.15) is 73.7 Å². The number of piperidine rings is 1. The SMILES string of the molecule is Cc1cccc(-c2cn(CCN3CCCC3)c(C3CCN(c4ncnc(N)c4C4CCC4)CC3)n2)c1. The van der Waals surface area contributed by atoms with Crippen LogP contribution < -0.4 is 10.6 Å². The van der Waals surface area contributed by atoms with E-state index in [-0.39, 0.29) is 0 Å². The quantitative estimate of drug-likeness (QED) is 0.509. The van der Waals surface area contributed by atoms with E-state index >= 15 is 0 Å². The second-order valence-electron chi connectivity index (χ2n) is 11.0. The number of aromatic nitrogens is 4. The molecule has 6 rings (SSSR count). The Morgan fingerprint density at radius 2 is 1.72 bits per heavy atom. The lowest BCUT2D eigenvalue weighted by atomic mass is 9.80. The van der Waals surface area contributed by atoms with Crippen molar-refractivity contribution in [3.05, 3.63) is 53.7 Å². The second-order valence-corrected chi connectivity index (χ2v) is 11.0. The summed E-state index contributed by atoms with van der Waals surface area (Å²) in [7, 11) is 0. The fourth-order valence-corrected chi connectivity index (χ4v) is 6.22. The third-order valence-electron chi connectivity index (χ3n) is 8.54. The van der Waals surface area contributed by atoms with Crippen LogP contribution in [-0.4, -0.2) is 57.1 Å². The first kappa shape index (κ1) is 23.5. The van der Waals surface area contributed by atoms with Crippen molar-refractivity contribution in [1.82, 2.24) is 24.4 Å². The molecule has 2 aromatic heterocycles. The van der Waals surface area contributed by atoms with Crippen molar-refractivity contribution in [3.8, 4) is 11.3 Å². The first-order chi connectivity index (χ1) is 17.7. The Bertz CT molecular complexity index is 1180. The fraction of sp³-hybridized carbons (Fsp3) is 0.552. The molecule has 0 radical (unpaired) electrons. The lowest BCUT2D eigenvalue weighted by Crippen LogP contribution is -2.36. The summed E-state index contributed by atoms with van der Waals surface area (Å²) in [4.78, 5) is 19.3. The highest BCUT2D eigenvalue weighted by atomic mass is 15.2. The van der Waals surface area contributed by atoms with Gasteiger partial charge in [0.1, 0.15) is 23.8 Å². The maximum absolute atomic E-state index is 6.34. The Kier molecular flexibility index (Phi) is 6.65. The zero-order chi connectivity index (χ0) is 24.5. The van der Waals surface area contributed by atoms with Crippen LogP contribution in [0.25, 0.3) is 11.3 Å². The fourth-order valence-electron chi connectivity index (χ4n) is 6.22. The van der Waals surface area contributed by atoms with Gasteiger partial charge in [0.05, 0.1) is 5.69 Å². The molecule has 0 unspecified atom stereocenters. The van der Waals surface area contributed by atoms with Gasteiger partial charge < -0.3 is 20.1 Å². The van der Waals surface area contributed by atoms with E-state index in [1.807, 2.05) is 0 Å². The molecular formula is C29H39N7. The maximum atomic E-state index is 6.34.